The second-order valence-electron chi connectivity index (χ2n) is 4.09. The Kier molecular flexibility index (Phi) is 3.21. The lowest BCUT2D eigenvalue weighted by Gasteiger charge is -2.35. The lowest BCUT2D eigenvalue weighted by Crippen LogP contribution is -2.47. The SMILES string of the molecule is CN1CCN(C(C(=O)O)c2cnc[nH]2)CC1. The molecule has 0 aliphatic carbocycles. The number of likely N-dealkylation sites (N-methyl/N-ethyl adjacent to an activating group) is 1. The fourth-order valence-electron chi connectivity index (χ4n) is 1.98. The van der Waals surface area contributed by atoms with Crippen LogP contribution in [0, 0.1) is 0 Å². The van der Waals surface area contributed by atoms with Crippen LogP contribution >= 0.6 is 0 Å². The molecule has 1 unspecified atom stereocenters. The Balaban J connectivity index is 2.11. The van der Waals surface area contributed by atoms with Crippen LogP contribution in [0.4, 0.5) is 0 Å². The van der Waals surface area contributed by atoms with Crippen molar-refractivity contribution in [3.63, 3.8) is 0 Å². The Bertz CT molecular complexity index is 344. The number of rotatable bonds is 3. The van der Waals surface area contributed by atoms with Gasteiger partial charge >= 0.3 is 5.97 Å². The number of nitrogens with zero attached hydrogens (tertiary/aromatic N) is 3. The van der Waals surface area contributed by atoms with Gasteiger partial charge in [0.05, 0.1) is 18.2 Å². The zero-order valence-corrected chi connectivity index (χ0v) is 9.26. The summed E-state index contributed by atoms with van der Waals surface area (Å²) in [5, 5.41) is 9.26. The van der Waals surface area contributed by atoms with Gasteiger partial charge < -0.3 is 15.0 Å². The van der Waals surface area contributed by atoms with Crippen LogP contribution in [-0.4, -0.2) is 64.1 Å². The van der Waals surface area contributed by atoms with Crippen molar-refractivity contribution in [2.24, 2.45) is 0 Å². The minimum Gasteiger partial charge on any atom is -0.480 e. The van der Waals surface area contributed by atoms with Crippen LogP contribution in [0.15, 0.2) is 12.5 Å². The maximum atomic E-state index is 11.3. The minimum absolute atomic E-state index is 0.601. The van der Waals surface area contributed by atoms with Crippen molar-refractivity contribution < 1.29 is 9.90 Å². The van der Waals surface area contributed by atoms with E-state index in [0.717, 1.165) is 26.2 Å². The number of H-pyrrole nitrogens is 1. The molecular weight excluding hydrogens is 208 g/mol. The van der Waals surface area contributed by atoms with Crippen molar-refractivity contribution in [3.8, 4) is 0 Å². The van der Waals surface area contributed by atoms with Gasteiger partial charge in [-0.25, -0.2) is 4.98 Å². The third-order valence-corrected chi connectivity index (χ3v) is 2.95. The summed E-state index contributed by atoms with van der Waals surface area (Å²) in [4.78, 5) is 22.2. The first kappa shape index (κ1) is 11.1. The van der Waals surface area contributed by atoms with Gasteiger partial charge in [0.2, 0.25) is 0 Å². The van der Waals surface area contributed by atoms with Crippen molar-refractivity contribution in [3.05, 3.63) is 18.2 Å². The van der Waals surface area contributed by atoms with Gasteiger partial charge in [-0.15, -0.1) is 0 Å². The van der Waals surface area contributed by atoms with Crippen LogP contribution in [-0.2, 0) is 4.79 Å². The van der Waals surface area contributed by atoms with E-state index in [2.05, 4.69) is 14.9 Å². The lowest BCUT2D eigenvalue weighted by atomic mass is 10.1. The monoisotopic (exact) mass is 224 g/mol. The zero-order valence-electron chi connectivity index (χ0n) is 9.26. The fraction of sp³-hybridized carbons (Fsp3) is 0.600. The Morgan fingerprint density at radius 3 is 2.69 bits per heavy atom. The number of aliphatic carboxylic acids is 1. The molecule has 16 heavy (non-hydrogen) atoms. The highest BCUT2D eigenvalue weighted by Gasteiger charge is 2.30. The van der Waals surface area contributed by atoms with E-state index in [-0.39, 0.29) is 0 Å². The molecule has 88 valence electrons. The normalized spacial score (nSPS) is 20.8. The molecule has 1 atom stereocenters. The van der Waals surface area contributed by atoms with Crippen LogP contribution in [0.1, 0.15) is 11.7 Å². The number of hydrogen-bond acceptors (Lipinski definition) is 4. The average Bonchev–Trinajstić information content (AvgIpc) is 2.74. The van der Waals surface area contributed by atoms with E-state index in [9.17, 15) is 9.90 Å². The largest absolute Gasteiger partial charge is 0.480 e. The molecule has 0 radical (unpaired) electrons. The van der Waals surface area contributed by atoms with E-state index in [1.54, 1.807) is 6.20 Å². The highest BCUT2D eigenvalue weighted by Crippen LogP contribution is 2.19. The van der Waals surface area contributed by atoms with E-state index in [1.807, 2.05) is 11.9 Å². The maximum absolute atomic E-state index is 11.3. The van der Waals surface area contributed by atoms with Crippen LogP contribution in [0.3, 0.4) is 0 Å². The molecule has 1 aliphatic heterocycles. The predicted octanol–water partition coefficient (Wildman–Crippen LogP) is -0.217. The molecule has 0 amide bonds. The first-order valence-corrected chi connectivity index (χ1v) is 5.32. The standard InChI is InChI=1S/C10H16N4O2/c1-13-2-4-14(5-3-13)9(10(15)16)8-6-11-7-12-8/h6-7,9H,2-5H2,1H3,(H,11,12)(H,15,16). The third kappa shape index (κ3) is 2.23. The summed E-state index contributed by atoms with van der Waals surface area (Å²) in [7, 11) is 2.04. The van der Waals surface area contributed by atoms with Gasteiger partial charge in [0.15, 0.2) is 6.04 Å². The molecule has 0 saturated carbocycles. The van der Waals surface area contributed by atoms with Gasteiger partial charge in [0, 0.05) is 26.2 Å². The van der Waals surface area contributed by atoms with Crippen molar-refractivity contribution in [1.29, 1.82) is 0 Å². The molecule has 0 aromatic carbocycles. The Morgan fingerprint density at radius 1 is 1.50 bits per heavy atom. The number of carbonyl (C=O) groups is 1. The average molecular weight is 224 g/mol. The fourth-order valence-corrected chi connectivity index (χ4v) is 1.98. The summed E-state index contributed by atoms with van der Waals surface area (Å²) in [5.41, 5.74) is 0.650. The molecule has 6 heteroatoms. The molecule has 1 aromatic rings. The molecular formula is C10H16N4O2. The number of carboxylic acids is 1. The quantitative estimate of drug-likeness (QED) is 0.743. The topological polar surface area (TPSA) is 72.5 Å². The van der Waals surface area contributed by atoms with Crippen LogP contribution < -0.4 is 0 Å². The Labute approximate surface area is 93.9 Å². The van der Waals surface area contributed by atoms with Crippen molar-refractivity contribution in [1.82, 2.24) is 19.8 Å². The first-order valence-electron chi connectivity index (χ1n) is 5.32. The number of piperazine rings is 1. The smallest absolute Gasteiger partial charge is 0.327 e. The molecule has 1 aliphatic rings. The third-order valence-electron chi connectivity index (χ3n) is 2.95. The summed E-state index contributed by atoms with van der Waals surface area (Å²) in [6.07, 6.45) is 3.10. The molecule has 2 heterocycles. The van der Waals surface area contributed by atoms with Gasteiger partial charge in [-0.3, -0.25) is 9.69 Å². The highest BCUT2D eigenvalue weighted by molar-refractivity contribution is 5.74. The number of imidazole rings is 1. The number of hydrogen-bond donors (Lipinski definition) is 2. The molecule has 2 rings (SSSR count). The minimum atomic E-state index is -0.825. The second-order valence-corrected chi connectivity index (χ2v) is 4.09. The molecule has 1 fully saturated rings. The number of aromatic amines is 1. The van der Waals surface area contributed by atoms with Gasteiger partial charge in [0.1, 0.15) is 0 Å². The lowest BCUT2D eigenvalue weighted by molar-refractivity contribution is -0.144. The summed E-state index contributed by atoms with van der Waals surface area (Å²) in [6, 6.07) is -0.601. The van der Waals surface area contributed by atoms with Crippen molar-refractivity contribution in [2.75, 3.05) is 33.2 Å². The van der Waals surface area contributed by atoms with E-state index in [0.29, 0.717) is 5.69 Å². The molecule has 0 bridgehead atoms. The van der Waals surface area contributed by atoms with Crippen LogP contribution in [0.2, 0.25) is 0 Å². The number of aromatic nitrogens is 2. The Hall–Kier alpha value is -1.40. The van der Waals surface area contributed by atoms with Crippen LogP contribution in [0.25, 0.3) is 0 Å². The number of nitrogens with one attached hydrogen (secondary N) is 1. The van der Waals surface area contributed by atoms with Gasteiger partial charge in [-0.05, 0) is 7.05 Å². The maximum Gasteiger partial charge on any atom is 0.327 e. The van der Waals surface area contributed by atoms with Gasteiger partial charge in [-0.2, -0.15) is 0 Å². The van der Waals surface area contributed by atoms with Gasteiger partial charge in [0.25, 0.3) is 0 Å². The summed E-state index contributed by atoms with van der Waals surface area (Å²) in [5.74, 6) is -0.825. The highest BCUT2D eigenvalue weighted by atomic mass is 16.4. The molecule has 2 N–H and O–H groups in total. The zero-order chi connectivity index (χ0) is 11.5. The van der Waals surface area contributed by atoms with E-state index >= 15 is 0 Å². The van der Waals surface area contributed by atoms with Gasteiger partial charge in [-0.1, -0.05) is 0 Å². The Morgan fingerprint density at radius 2 is 2.19 bits per heavy atom. The molecule has 1 saturated heterocycles. The molecule has 0 spiro atoms. The van der Waals surface area contributed by atoms with Crippen molar-refractivity contribution >= 4 is 5.97 Å². The summed E-state index contributed by atoms with van der Waals surface area (Å²) >= 11 is 0. The summed E-state index contributed by atoms with van der Waals surface area (Å²) in [6.45, 7) is 3.34. The van der Waals surface area contributed by atoms with Crippen molar-refractivity contribution in [2.45, 2.75) is 6.04 Å². The van der Waals surface area contributed by atoms with E-state index in [1.165, 1.54) is 6.33 Å². The van der Waals surface area contributed by atoms with Crippen LogP contribution in [0.5, 0.6) is 0 Å². The second kappa shape index (κ2) is 4.63. The molecule has 1 aromatic heterocycles. The van der Waals surface area contributed by atoms with E-state index in [4.69, 9.17) is 0 Å². The first-order chi connectivity index (χ1) is 7.68. The summed E-state index contributed by atoms with van der Waals surface area (Å²) < 4.78 is 0. The predicted molar refractivity (Wildman–Crippen MR) is 58.0 cm³/mol. The number of carboxylic acid groups (broad SMARTS) is 1. The molecule has 6 nitrogen and oxygen atoms in total. The van der Waals surface area contributed by atoms with E-state index < -0.39 is 12.0 Å².